The Labute approximate surface area is 129 Å². The van der Waals surface area contributed by atoms with Gasteiger partial charge in [0.25, 0.3) is 0 Å². The van der Waals surface area contributed by atoms with Gasteiger partial charge < -0.3 is 9.64 Å². The van der Waals surface area contributed by atoms with Gasteiger partial charge in [0.1, 0.15) is 0 Å². The fourth-order valence-electron chi connectivity index (χ4n) is 2.22. The highest BCUT2D eigenvalue weighted by Crippen LogP contribution is 2.25. The minimum atomic E-state index is 0.0735. The maximum atomic E-state index is 5.74. The number of hydrogen-bond donors (Lipinski definition) is 2. The molecule has 3 N–H and O–H groups in total. The summed E-state index contributed by atoms with van der Waals surface area (Å²) < 4.78 is 8.05. The summed E-state index contributed by atoms with van der Waals surface area (Å²) in [5, 5.41) is 4.37. The monoisotopic (exact) mass is 347 g/mol. The van der Waals surface area contributed by atoms with Crippen molar-refractivity contribution in [1.29, 1.82) is 0 Å². The normalized spacial score (nSPS) is 13.1. The van der Waals surface area contributed by atoms with Crippen LogP contribution in [0, 0.1) is 0 Å². The molecule has 1 rings (SSSR count). The molecule has 1 unspecified atom stereocenters. The Bertz CT molecular complexity index is 381. The number of halogens is 1. The Hall–Kier alpha value is -0.470. The predicted octanol–water partition coefficient (Wildman–Crippen LogP) is 1.53. The van der Waals surface area contributed by atoms with Gasteiger partial charge in [-0.2, -0.15) is 5.10 Å². The number of aromatic nitrogens is 2. The van der Waals surface area contributed by atoms with Crippen LogP contribution >= 0.6 is 15.9 Å². The van der Waals surface area contributed by atoms with Gasteiger partial charge in [-0.25, -0.2) is 0 Å². The highest BCUT2D eigenvalue weighted by molar-refractivity contribution is 9.10. The standard InChI is InChI=1S/C13H26BrN5O/c1-4-18(5-2)7-6-12(17-15)13-11(14)10-16-19(13)8-9-20-3/h10,12,17H,4-9,15H2,1-3H3. The lowest BCUT2D eigenvalue weighted by Gasteiger charge is -2.23. The van der Waals surface area contributed by atoms with E-state index in [1.807, 2.05) is 10.9 Å². The third-order valence-corrected chi connectivity index (χ3v) is 4.11. The van der Waals surface area contributed by atoms with Crippen LogP contribution in [0.15, 0.2) is 10.7 Å². The van der Waals surface area contributed by atoms with E-state index in [-0.39, 0.29) is 6.04 Å². The Morgan fingerprint density at radius 3 is 2.75 bits per heavy atom. The van der Waals surface area contributed by atoms with Crippen molar-refractivity contribution in [3.05, 3.63) is 16.4 Å². The first-order valence-electron chi connectivity index (χ1n) is 7.06. The summed E-state index contributed by atoms with van der Waals surface area (Å²) in [6.07, 6.45) is 2.75. The maximum absolute atomic E-state index is 5.74. The lowest BCUT2D eigenvalue weighted by molar-refractivity contribution is 0.181. The van der Waals surface area contributed by atoms with E-state index >= 15 is 0 Å². The van der Waals surface area contributed by atoms with Gasteiger partial charge in [0.15, 0.2) is 0 Å². The summed E-state index contributed by atoms with van der Waals surface area (Å²) in [6, 6.07) is 0.0735. The molecule has 0 saturated carbocycles. The molecule has 0 fully saturated rings. The number of hydrazine groups is 1. The van der Waals surface area contributed by atoms with Gasteiger partial charge in [-0.3, -0.25) is 16.0 Å². The molecule has 0 bridgehead atoms. The van der Waals surface area contributed by atoms with Crippen LogP contribution in [0.2, 0.25) is 0 Å². The molecule has 1 atom stereocenters. The first-order chi connectivity index (χ1) is 9.67. The number of methoxy groups -OCH3 is 1. The summed E-state index contributed by atoms with van der Waals surface area (Å²) in [5.74, 6) is 5.74. The van der Waals surface area contributed by atoms with Gasteiger partial charge in [0.05, 0.1) is 35.6 Å². The number of ether oxygens (including phenoxy) is 1. The van der Waals surface area contributed by atoms with Crippen LogP contribution in [0.1, 0.15) is 32.0 Å². The summed E-state index contributed by atoms with van der Waals surface area (Å²) in [5.41, 5.74) is 3.99. The van der Waals surface area contributed by atoms with E-state index in [4.69, 9.17) is 10.6 Å². The van der Waals surface area contributed by atoms with Crippen molar-refractivity contribution in [3.8, 4) is 0 Å². The van der Waals surface area contributed by atoms with Gasteiger partial charge in [-0.05, 0) is 35.4 Å². The quantitative estimate of drug-likeness (QED) is 0.496. The summed E-state index contributed by atoms with van der Waals surface area (Å²) >= 11 is 3.56. The Morgan fingerprint density at radius 2 is 2.20 bits per heavy atom. The number of nitrogens with two attached hydrogens (primary N) is 1. The van der Waals surface area contributed by atoms with E-state index in [1.165, 1.54) is 0 Å². The molecule has 1 heterocycles. The molecule has 0 aromatic carbocycles. The zero-order valence-electron chi connectivity index (χ0n) is 12.6. The third-order valence-electron chi connectivity index (χ3n) is 3.50. The molecule has 20 heavy (non-hydrogen) atoms. The van der Waals surface area contributed by atoms with Crippen LogP contribution in [0.5, 0.6) is 0 Å². The van der Waals surface area contributed by atoms with Gasteiger partial charge in [-0.1, -0.05) is 13.8 Å². The molecule has 0 aliphatic rings. The van der Waals surface area contributed by atoms with Gasteiger partial charge in [-0.15, -0.1) is 0 Å². The maximum Gasteiger partial charge on any atom is 0.0710 e. The molecule has 1 aromatic heterocycles. The average Bonchev–Trinajstić information content (AvgIpc) is 2.83. The van der Waals surface area contributed by atoms with Crippen LogP contribution < -0.4 is 11.3 Å². The lowest BCUT2D eigenvalue weighted by Crippen LogP contribution is -2.34. The van der Waals surface area contributed by atoms with Crippen LogP contribution in [0.3, 0.4) is 0 Å². The van der Waals surface area contributed by atoms with Crippen LogP contribution in [-0.2, 0) is 11.3 Å². The smallest absolute Gasteiger partial charge is 0.0710 e. The number of hydrogen-bond acceptors (Lipinski definition) is 5. The van der Waals surface area contributed by atoms with E-state index < -0.39 is 0 Å². The van der Waals surface area contributed by atoms with Crippen molar-refractivity contribution in [2.75, 3.05) is 33.4 Å². The van der Waals surface area contributed by atoms with E-state index in [2.05, 4.69) is 45.2 Å². The van der Waals surface area contributed by atoms with Crippen molar-refractivity contribution >= 4 is 15.9 Å². The first kappa shape index (κ1) is 17.6. The molecule has 0 aliphatic carbocycles. The fraction of sp³-hybridized carbons (Fsp3) is 0.769. The van der Waals surface area contributed by atoms with Crippen molar-refractivity contribution in [3.63, 3.8) is 0 Å². The molecule has 0 aliphatic heterocycles. The molecule has 116 valence electrons. The zero-order chi connectivity index (χ0) is 15.0. The summed E-state index contributed by atoms with van der Waals surface area (Å²) in [7, 11) is 1.69. The fourth-order valence-corrected chi connectivity index (χ4v) is 2.80. The van der Waals surface area contributed by atoms with E-state index in [9.17, 15) is 0 Å². The summed E-state index contributed by atoms with van der Waals surface area (Å²) in [6.45, 7) is 8.81. The molecule has 0 saturated heterocycles. The second-order valence-electron chi connectivity index (χ2n) is 4.63. The molecule has 6 nitrogen and oxygen atoms in total. The minimum absolute atomic E-state index is 0.0735. The van der Waals surface area contributed by atoms with E-state index in [0.717, 1.165) is 42.8 Å². The highest BCUT2D eigenvalue weighted by Gasteiger charge is 2.19. The number of nitrogens with zero attached hydrogens (tertiary/aromatic N) is 3. The molecule has 0 radical (unpaired) electrons. The zero-order valence-corrected chi connectivity index (χ0v) is 14.2. The van der Waals surface area contributed by atoms with Crippen LogP contribution in [-0.4, -0.2) is 48.0 Å². The molecule has 7 heteroatoms. The topological polar surface area (TPSA) is 68.3 Å². The van der Waals surface area contributed by atoms with Gasteiger partial charge >= 0.3 is 0 Å². The second kappa shape index (κ2) is 9.46. The second-order valence-corrected chi connectivity index (χ2v) is 5.48. The SMILES string of the molecule is CCN(CC)CCC(NN)c1c(Br)cnn1CCOC. The Morgan fingerprint density at radius 1 is 1.50 bits per heavy atom. The van der Waals surface area contributed by atoms with Crippen LogP contribution in [0.4, 0.5) is 0 Å². The number of nitrogens with one attached hydrogen (secondary N) is 1. The Balaban J connectivity index is 2.75. The molecular formula is C13H26BrN5O. The largest absolute Gasteiger partial charge is 0.383 e. The average molecular weight is 348 g/mol. The van der Waals surface area contributed by atoms with Gasteiger partial charge in [0.2, 0.25) is 0 Å². The van der Waals surface area contributed by atoms with E-state index in [1.54, 1.807) is 7.11 Å². The lowest BCUT2D eigenvalue weighted by atomic mass is 10.1. The van der Waals surface area contributed by atoms with Crippen molar-refractivity contribution in [2.45, 2.75) is 32.9 Å². The van der Waals surface area contributed by atoms with Gasteiger partial charge in [0, 0.05) is 13.7 Å². The molecular weight excluding hydrogens is 322 g/mol. The number of rotatable bonds is 10. The highest BCUT2D eigenvalue weighted by atomic mass is 79.9. The molecule has 0 spiro atoms. The Kier molecular flexibility index (Phi) is 8.32. The first-order valence-corrected chi connectivity index (χ1v) is 7.85. The van der Waals surface area contributed by atoms with Crippen molar-refractivity contribution in [1.82, 2.24) is 20.1 Å². The third kappa shape index (κ3) is 4.82. The molecule has 1 aromatic rings. The summed E-state index contributed by atoms with van der Waals surface area (Å²) in [4.78, 5) is 2.38. The predicted molar refractivity (Wildman–Crippen MR) is 84.3 cm³/mol. The van der Waals surface area contributed by atoms with Crippen LogP contribution in [0.25, 0.3) is 0 Å². The minimum Gasteiger partial charge on any atom is -0.383 e. The van der Waals surface area contributed by atoms with Crippen molar-refractivity contribution < 1.29 is 4.74 Å². The van der Waals surface area contributed by atoms with E-state index in [0.29, 0.717) is 6.61 Å². The molecule has 0 amide bonds. The van der Waals surface area contributed by atoms with Crippen molar-refractivity contribution in [2.24, 2.45) is 5.84 Å².